The summed E-state index contributed by atoms with van der Waals surface area (Å²) >= 11 is 1.17. The van der Waals surface area contributed by atoms with Gasteiger partial charge in [0.1, 0.15) is 0 Å². The molecule has 122 valence electrons. The number of carbonyl (C=O) groups is 1. The van der Waals surface area contributed by atoms with Crippen LogP contribution in [0.15, 0.2) is 16.3 Å². The van der Waals surface area contributed by atoms with Gasteiger partial charge >= 0.3 is 0 Å². The van der Waals surface area contributed by atoms with E-state index < -0.39 is 10.0 Å². The molecule has 2 saturated heterocycles. The zero-order valence-corrected chi connectivity index (χ0v) is 13.7. The van der Waals surface area contributed by atoms with Crippen molar-refractivity contribution >= 4 is 27.3 Å². The van der Waals surface area contributed by atoms with Crippen LogP contribution in [-0.2, 0) is 19.5 Å². The van der Waals surface area contributed by atoms with Crippen LogP contribution < -0.4 is 0 Å². The first-order chi connectivity index (χ1) is 10.6. The minimum Gasteiger partial charge on any atom is -0.379 e. The lowest BCUT2D eigenvalue weighted by Gasteiger charge is -2.26. The van der Waals surface area contributed by atoms with Crippen molar-refractivity contribution in [3.63, 3.8) is 0 Å². The molecule has 0 atom stereocenters. The van der Waals surface area contributed by atoms with Gasteiger partial charge in [0.25, 0.3) is 5.91 Å². The smallest absolute Gasteiger partial charge is 0.264 e. The van der Waals surface area contributed by atoms with Crippen LogP contribution in [0.4, 0.5) is 0 Å². The lowest BCUT2D eigenvalue weighted by molar-refractivity contribution is 0.0306. The quantitative estimate of drug-likeness (QED) is 0.784. The fourth-order valence-corrected chi connectivity index (χ4v) is 5.06. The first kappa shape index (κ1) is 15.9. The van der Waals surface area contributed by atoms with Crippen molar-refractivity contribution < 1.29 is 22.7 Å². The van der Waals surface area contributed by atoms with Gasteiger partial charge in [0.05, 0.1) is 36.2 Å². The van der Waals surface area contributed by atoms with E-state index in [1.165, 1.54) is 21.7 Å². The van der Waals surface area contributed by atoms with Crippen LogP contribution in [0.2, 0.25) is 0 Å². The van der Waals surface area contributed by atoms with E-state index in [2.05, 4.69) is 0 Å². The molecule has 0 N–H and O–H groups in total. The molecule has 0 unspecified atom stereocenters. The molecule has 1 aromatic rings. The second-order valence-corrected chi connectivity index (χ2v) is 7.92. The first-order valence-electron chi connectivity index (χ1n) is 7.12. The van der Waals surface area contributed by atoms with Crippen molar-refractivity contribution in [3.05, 3.63) is 16.3 Å². The molecule has 7 nitrogen and oxygen atoms in total. The molecule has 0 aromatic carbocycles. The summed E-state index contributed by atoms with van der Waals surface area (Å²) in [6.07, 6.45) is 0. The standard InChI is InChI=1S/C13H18N2O5S2/c16-13(14-1-5-19-6-2-14)12-9-11(10-21-12)22(17,18)15-3-7-20-8-4-15/h9-10H,1-8H2. The fraction of sp³-hybridized carbons (Fsp3) is 0.615. The highest BCUT2D eigenvalue weighted by Crippen LogP contribution is 2.24. The van der Waals surface area contributed by atoms with Gasteiger partial charge in [0, 0.05) is 31.6 Å². The number of hydrogen-bond donors (Lipinski definition) is 0. The van der Waals surface area contributed by atoms with Crippen LogP contribution in [-0.4, -0.2) is 76.1 Å². The van der Waals surface area contributed by atoms with Crippen molar-refractivity contribution in [1.29, 1.82) is 0 Å². The molecule has 2 aliphatic rings. The Morgan fingerprint density at radius 3 is 2.27 bits per heavy atom. The van der Waals surface area contributed by atoms with E-state index in [0.29, 0.717) is 57.5 Å². The van der Waals surface area contributed by atoms with Crippen LogP contribution in [0.25, 0.3) is 0 Å². The van der Waals surface area contributed by atoms with Gasteiger partial charge in [0.2, 0.25) is 10.0 Å². The molecule has 2 aliphatic heterocycles. The number of sulfonamides is 1. The Labute approximate surface area is 133 Å². The van der Waals surface area contributed by atoms with Crippen LogP contribution in [0.3, 0.4) is 0 Å². The molecule has 0 bridgehead atoms. The summed E-state index contributed by atoms with van der Waals surface area (Å²) in [4.78, 5) is 14.7. The first-order valence-corrected chi connectivity index (χ1v) is 9.44. The Kier molecular flexibility index (Phi) is 4.79. The topological polar surface area (TPSA) is 76.2 Å². The fourth-order valence-electron chi connectivity index (χ4n) is 2.42. The monoisotopic (exact) mass is 346 g/mol. The summed E-state index contributed by atoms with van der Waals surface area (Å²) in [7, 11) is -3.54. The van der Waals surface area contributed by atoms with Crippen LogP contribution in [0.1, 0.15) is 9.67 Å². The molecule has 0 aliphatic carbocycles. The predicted molar refractivity (Wildman–Crippen MR) is 80.6 cm³/mol. The SMILES string of the molecule is O=C(c1cc(S(=O)(=O)N2CCOCC2)cs1)N1CCOCC1. The number of amides is 1. The van der Waals surface area contributed by atoms with Crippen LogP contribution >= 0.6 is 11.3 Å². The van der Waals surface area contributed by atoms with Crippen molar-refractivity contribution in [2.24, 2.45) is 0 Å². The van der Waals surface area contributed by atoms with E-state index >= 15 is 0 Å². The third-order valence-electron chi connectivity index (χ3n) is 3.69. The summed E-state index contributed by atoms with van der Waals surface area (Å²) in [5.41, 5.74) is 0. The van der Waals surface area contributed by atoms with E-state index in [1.807, 2.05) is 0 Å². The lowest BCUT2D eigenvalue weighted by atomic mass is 10.3. The van der Waals surface area contributed by atoms with Gasteiger partial charge in [-0.05, 0) is 6.07 Å². The average Bonchev–Trinajstić information content (AvgIpc) is 3.06. The maximum absolute atomic E-state index is 12.5. The number of hydrogen-bond acceptors (Lipinski definition) is 6. The maximum Gasteiger partial charge on any atom is 0.264 e. The molecule has 0 saturated carbocycles. The Hall–Kier alpha value is -1.00. The average molecular weight is 346 g/mol. The van der Waals surface area contributed by atoms with Gasteiger partial charge in [-0.3, -0.25) is 4.79 Å². The minimum absolute atomic E-state index is 0.128. The number of morpholine rings is 2. The van der Waals surface area contributed by atoms with Crippen LogP contribution in [0.5, 0.6) is 0 Å². The molecule has 1 amide bonds. The molecular weight excluding hydrogens is 328 g/mol. The molecule has 2 fully saturated rings. The van der Waals surface area contributed by atoms with E-state index in [9.17, 15) is 13.2 Å². The number of thiophene rings is 1. The van der Waals surface area contributed by atoms with Crippen LogP contribution in [0, 0.1) is 0 Å². The van der Waals surface area contributed by atoms with E-state index in [4.69, 9.17) is 9.47 Å². The third kappa shape index (κ3) is 3.18. The van der Waals surface area contributed by atoms with Gasteiger partial charge in [-0.1, -0.05) is 0 Å². The predicted octanol–water partition coefficient (Wildman–Crippen LogP) is 0.241. The largest absolute Gasteiger partial charge is 0.379 e. The van der Waals surface area contributed by atoms with Crippen molar-refractivity contribution in [3.8, 4) is 0 Å². The second-order valence-electron chi connectivity index (χ2n) is 5.07. The number of carbonyl (C=O) groups excluding carboxylic acids is 1. The molecule has 0 radical (unpaired) electrons. The third-order valence-corrected chi connectivity index (χ3v) is 6.64. The second kappa shape index (κ2) is 6.63. The number of nitrogens with zero attached hydrogens (tertiary/aromatic N) is 2. The van der Waals surface area contributed by atoms with E-state index in [0.717, 1.165) is 0 Å². The highest BCUT2D eigenvalue weighted by Gasteiger charge is 2.29. The normalized spacial score (nSPS) is 21.0. The van der Waals surface area contributed by atoms with E-state index in [-0.39, 0.29) is 10.8 Å². The van der Waals surface area contributed by atoms with Gasteiger partial charge < -0.3 is 14.4 Å². The zero-order chi connectivity index (χ0) is 15.6. The Morgan fingerprint density at radius 2 is 1.64 bits per heavy atom. The maximum atomic E-state index is 12.5. The van der Waals surface area contributed by atoms with Gasteiger partial charge in [-0.15, -0.1) is 11.3 Å². The zero-order valence-electron chi connectivity index (χ0n) is 12.1. The van der Waals surface area contributed by atoms with Crippen molar-refractivity contribution in [2.45, 2.75) is 4.90 Å². The highest BCUT2D eigenvalue weighted by molar-refractivity contribution is 7.89. The molecule has 3 heterocycles. The Bertz CT molecular complexity index is 631. The highest BCUT2D eigenvalue weighted by atomic mass is 32.2. The van der Waals surface area contributed by atoms with Crippen molar-refractivity contribution in [2.75, 3.05) is 52.6 Å². The summed E-state index contributed by atoms with van der Waals surface area (Å²) in [5, 5.41) is 1.54. The summed E-state index contributed by atoms with van der Waals surface area (Å²) in [5.74, 6) is -0.128. The van der Waals surface area contributed by atoms with E-state index in [1.54, 1.807) is 10.3 Å². The molecule has 22 heavy (non-hydrogen) atoms. The summed E-state index contributed by atoms with van der Waals surface area (Å²) < 4.78 is 36.9. The molecule has 0 spiro atoms. The molecule has 9 heteroatoms. The van der Waals surface area contributed by atoms with Crippen molar-refractivity contribution in [1.82, 2.24) is 9.21 Å². The minimum atomic E-state index is -3.54. The van der Waals surface area contributed by atoms with Gasteiger partial charge in [-0.2, -0.15) is 4.31 Å². The van der Waals surface area contributed by atoms with Gasteiger partial charge in [0.15, 0.2) is 0 Å². The lowest BCUT2D eigenvalue weighted by Crippen LogP contribution is -2.41. The number of rotatable bonds is 3. The Morgan fingerprint density at radius 1 is 1.05 bits per heavy atom. The Balaban J connectivity index is 1.76. The summed E-state index contributed by atoms with van der Waals surface area (Å²) in [6, 6.07) is 1.48. The molecule has 3 rings (SSSR count). The number of ether oxygens (including phenoxy) is 2. The molecule has 1 aromatic heterocycles. The summed E-state index contributed by atoms with van der Waals surface area (Å²) in [6.45, 7) is 3.65. The van der Waals surface area contributed by atoms with Gasteiger partial charge in [-0.25, -0.2) is 8.42 Å². The molecular formula is C13H18N2O5S2.